The predicted molar refractivity (Wildman–Crippen MR) is 72.5 cm³/mol. The van der Waals surface area contributed by atoms with Crippen LogP contribution in [-0.4, -0.2) is 38.6 Å². The van der Waals surface area contributed by atoms with Crippen molar-refractivity contribution in [3.05, 3.63) is 20.7 Å². The fourth-order valence-electron chi connectivity index (χ4n) is 2.23. The molecule has 1 aromatic heterocycles. The number of esters is 1. The van der Waals surface area contributed by atoms with E-state index in [1.807, 2.05) is 0 Å². The lowest BCUT2D eigenvalue weighted by Gasteiger charge is -2.20. The topological polar surface area (TPSA) is 120 Å². The Morgan fingerprint density at radius 3 is 2.95 bits per heavy atom. The van der Waals surface area contributed by atoms with Crippen LogP contribution in [0, 0.1) is 0 Å². The molecule has 2 atom stereocenters. The van der Waals surface area contributed by atoms with Gasteiger partial charge in [0.2, 0.25) is 0 Å². The van der Waals surface area contributed by atoms with Gasteiger partial charge in [-0.25, -0.2) is 0 Å². The Morgan fingerprint density at radius 1 is 1.60 bits per heavy atom. The van der Waals surface area contributed by atoms with Crippen molar-refractivity contribution >= 4 is 17.7 Å². The Morgan fingerprint density at radius 2 is 2.30 bits per heavy atom. The maximum absolute atomic E-state index is 11.6. The summed E-state index contributed by atoms with van der Waals surface area (Å²) in [5.41, 5.74) is 3.45. The first-order valence-electron chi connectivity index (χ1n) is 6.07. The molecule has 2 rings (SSSR count). The van der Waals surface area contributed by atoms with Crippen LogP contribution in [-0.2, 0) is 16.6 Å². The monoisotopic (exact) mass is 300 g/mol. The number of carbonyl (C=O) groups excluding carboxylic acids is 1. The third kappa shape index (κ3) is 2.78. The summed E-state index contributed by atoms with van der Waals surface area (Å²) in [6, 6.07) is 0. The standard InChI is InChI=1S/C11H16N4O4S/c1-15-10(13-7(16)8(17)14-15)20-6-3-4-11(12,5-6)9(18)19-2/h6H,3-5,12H2,1-2H3,(H,14,17). The van der Waals surface area contributed by atoms with E-state index in [2.05, 4.69) is 10.1 Å². The second-order valence-electron chi connectivity index (χ2n) is 4.83. The third-order valence-corrected chi connectivity index (χ3v) is 4.63. The molecule has 0 amide bonds. The summed E-state index contributed by atoms with van der Waals surface area (Å²) in [4.78, 5) is 37.7. The molecule has 1 aromatic rings. The maximum Gasteiger partial charge on any atom is 0.339 e. The summed E-state index contributed by atoms with van der Waals surface area (Å²) in [7, 11) is 2.91. The zero-order valence-corrected chi connectivity index (χ0v) is 12.0. The highest BCUT2D eigenvalue weighted by Gasteiger charge is 2.43. The maximum atomic E-state index is 11.6. The van der Waals surface area contributed by atoms with Gasteiger partial charge in [-0.1, -0.05) is 11.8 Å². The molecule has 0 bridgehead atoms. The lowest BCUT2D eigenvalue weighted by molar-refractivity contribution is -0.146. The number of nitrogens with two attached hydrogens (primary N) is 1. The molecule has 1 aliphatic carbocycles. The molecule has 1 heterocycles. The molecule has 20 heavy (non-hydrogen) atoms. The van der Waals surface area contributed by atoms with Crippen molar-refractivity contribution in [2.24, 2.45) is 12.8 Å². The fraction of sp³-hybridized carbons (Fsp3) is 0.636. The average Bonchev–Trinajstić information content (AvgIpc) is 2.78. The van der Waals surface area contributed by atoms with Gasteiger partial charge in [0.05, 0.1) is 7.11 Å². The molecular weight excluding hydrogens is 284 g/mol. The number of thioether (sulfide) groups is 1. The molecule has 0 saturated heterocycles. The molecule has 0 spiro atoms. The molecule has 0 aliphatic heterocycles. The molecule has 0 radical (unpaired) electrons. The fourth-order valence-corrected chi connectivity index (χ4v) is 3.49. The Labute approximate surface area is 118 Å². The van der Waals surface area contributed by atoms with Crippen LogP contribution in [0.25, 0.3) is 0 Å². The minimum absolute atomic E-state index is 0.0445. The Hall–Kier alpha value is -1.61. The number of nitrogens with zero attached hydrogens (tertiary/aromatic N) is 2. The van der Waals surface area contributed by atoms with Gasteiger partial charge in [-0.05, 0) is 19.3 Å². The average molecular weight is 300 g/mol. The summed E-state index contributed by atoms with van der Waals surface area (Å²) in [6.07, 6.45) is 1.68. The van der Waals surface area contributed by atoms with Crippen LogP contribution in [0.15, 0.2) is 14.7 Å². The van der Waals surface area contributed by atoms with Gasteiger partial charge in [0, 0.05) is 12.3 Å². The first-order chi connectivity index (χ1) is 9.35. The van der Waals surface area contributed by atoms with Gasteiger partial charge >= 0.3 is 17.1 Å². The number of hydrogen-bond acceptors (Lipinski definition) is 7. The summed E-state index contributed by atoms with van der Waals surface area (Å²) >= 11 is 1.32. The van der Waals surface area contributed by atoms with Crippen LogP contribution in [0.1, 0.15) is 19.3 Å². The number of hydrogen-bond donors (Lipinski definition) is 2. The zero-order chi connectivity index (χ0) is 14.9. The molecule has 1 fully saturated rings. The highest BCUT2D eigenvalue weighted by atomic mass is 32.2. The van der Waals surface area contributed by atoms with E-state index in [1.54, 1.807) is 7.05 Å². The highest BCUT2D eigenvalue weighted by molar-refractivity contribution is 7.99. The summed E-state index contributed by atoms with van der Waals surface area (Å²) in [6.45, 7) is 0. The van der Waals surface area contributed by atoms with Crippen molar-refractivity contribution in [1.82, 2.24) is 14.8 Å². The molecule has 2 unspecified atom stereocenters. The van der Waals surface area contributed by atoms with Crippen LogP contribution in [0.5, 0.6) is 0 Å². The molecule has 9 heteroatoms. The normalized spacial score (nSPS) is 25.6. The lowest BCUT2D eigenvalue weighted by atomic mass is 10.00. The molecule has 1 aliphatic rings. The lowest BCUT2D eigenvalue weighted by Crippen LogP contribution is -2.46. The smallest absolute Gasteiger partial charge is 0.339 e. The van der Waals surface area contributed by atoms with Crippen LogP contribution in [0.2, 0.25) is 0 Å². The third-order valence-electron chi connectivity index (χ3n) is 3.32. The highest BCUT2D eigenvalue weighted by Crippen LogP contribution is 2.38. The molecular formula is C11H16N4O4S. The molecule has 110 valence electrons. The number of aromatic nitrogens is 3. The Bertz CT molecular complexity index is 640. The second kappa shape index (κ2) is 5.41. The van der Waals surface area contributed by atoms with Crippen molar-refractivity contribution in [1.29, 1.82) is 0 Å². The van der Waals surface area contributed by atoms with E-state index in [0.29, 0.717) is 24.4 Å². The molecule has 1 saturated carbocycles. The van der Waals surface area contributed by atoms with Crippen LogP contribution in [0.4, 0.5) is 0 Å². The second-order valence-corrected chi connectivity index (χ2v) is 6.10. The summed E-state index contributed by atoms with van der Waals surface area (Å²) in [5.74, 6) is -0.427. The summed E-state index contributed by atoms with van der Waals surface area (Å²) < 4.78 is 6.09. The van der Waals surface area contributed by atoms with Crippen LogP contribution < -0.4 is 16.9 Å². The van der Waals surface area contributed by atoms with E-state index in [4.69, 9.17) is 10.5 Å². The first kappa shape index (κ1) is 14.8. The van der Waals surface area contributed by atoms with Crippen molar-refractivity contribution in [3.8, 4) is 0 Å². The number of carbonyl (C=O) groups is 1. The van der Waals surface area contributed by atoms with Crippen molar-refractivity contribution in [2.45, 2.75) is 35.2 Å². The van der Waals surface area contributed by atoms with Gasteiger partial charge in [-0.3, -0.25) is 24.2 Å². The number of aryl methyl sites for hydroxylation is 1. The van der Waals surface area contributed by atoms with E-state index in [9.17, 15) is 14.4 Å². The van der Waals surface area contributed by atoms with Gasteiger partial charge in [0.25, 0.3) is 0 Å². The zero-order valence-electron chi connectivity index (χ0n) is 11.2. The van der Waals surface area contributed by atoms with E-state index < -0.39 is 22.6 Å². The molecule has 3 N–H and O–H groups in total. The van der Waals surface area contributed by atoms with Crippen molar-refractivity contribution in [2.75, 3.05) is 7.11 Å². The molecule has 0 aromatic carbocycles. The van der Waals surface area contributed by atoms with Gasteiger partial charge in [-0.15, -0.1) is 0 Å². The van der Waals surface area contributed by atoms with Gasteiger partial charge in [0.1, 0.15) is 5.54 Å². The van der Waals surface area contributed by atoms with Crippen molar-refractivity contribution < 1.29 is 9.53 Å². The number of methoxy groups -OCH3 is 1. The van der Waals surface area contributed by atoms with Crippen molar-refractivity contribution in [3.63, 3.8) is 0 Å². The number of aromatic amines is 1. The number of nitrogens with one attached hydrogen (secondary N) is 1. The quantitative estimate of drug-likeness (QED) is 0.541. The first-order valence-corrected chi connectivity index (χ1v) is 6.95. The summed E-state index contributed by atoms with van der Waals surface area (Å²) in [5, 5.41) is 2.82. The van der Waals surface area contributed by atoms with Gasteiger partial charge in [0.15, 0.2) is 5.16 Å². The van der Waals surface area contributed by atoms with Crippen LogP contribution >= 0.6 is 11.8 Å². The SMILES string of the molecule is COC(=O)C1(N)CCC(Sc2nc(=O)c(=O)[nH]n2C)C1. The number of ether oxygens (including phenoxy) is 1. The number of H-pyrrole nitrogens is 1. The predicted octanol–water partition coefficient (Wildman–Crippen LogP) is -1.02. The Balaban J connectivity index is 2.14. The van der Waals surface area contributed by atoms with E-state index in [0.717, 1.165) is 0 Å². The van der Waals surface area contributed by atoms with E-state index >= 15 is 0 Å². The van der Waals surface area contributed by atoms with Crippen LogP contribution in [0.3, 0.4) is 0 Å². The van der Waals surface area contributed by atoms with Gasteiger partial charge in [-0.2, -0.15) is 4.98 Å². The van der Waals surface area contributed by atoms with Gasteiger partial charge < -0.3 is 10.5 Å². The largest absolute Gasteiger partial charge is 0.468 e. The minimum atomic E-state index is -0.979. The minimum Gasteiger partial charge on any atom is -0.468 e. The van der Waals surface area contributed by atoms with E-state index in [1.165, 1.54) is 23.6 Å². The number of rotatable bonds is 3. The molecule has 8 nitrogen and oxygen atoms in total. The van der Waals surface area contributed by atoms with E-state index in [-0.39, 0.29) is 5.25 Å². The Kier molecular flexibility index (Phi) is 4.00.